The topological polar surface area (TPSA) is 31.0 Å². The Bertz CT molecular complexity index is 955. The van der Waals surface area contributed by atoms with Crippen molar-refractivity contribution >= 4 is 33.7 Å². The highest BCUT2D eigenvalue weighted by atomic mass is 127. The molecule has 0 radical (unpaired) electrons. The van der Waals surface area contributed by atoms with E-state index >= 15 is 0 Å². The van der Waals surface area contributed by atoms with E-state index in [0.717, 1.165) is 22.4 Å². The molecule has 0 aliphatic carbocycles. The standard InChI is InChI=1S/C18H13IN2O/c1-12-10-13(4-6-15(12)19)18-20-16-11-14(5-7-17(16)22-18)21-8-2-3-9-21/h2-11H,1H3. The fourth-order valence-corrected chi connectivity index (χ4v) is 2.82. The highest BCUT2D eigenvalue weighted by Gasteiger charge is 2.10. The van der Waals surface area contributed by atoms with E-state index in [4.69, 9.17) is 4.42 Å². The third kappa shape index (κ3) is 2.33. The van der Waals surface area contributed by atoms with E-state index in [1.54, 1.807) is 0 Å². The van der Waals surface area contributed by atoms with E-state index in [9.17, 15) is 0 Å². The molecule has 0 bridgehead atoms. The molecule has 4 rings (SSSR count). The summed E-state index contributed by atoms with van der Waals surface area (Å²) in [5.74, 6) is 0.666. The van der Waals surface area contributed by atoms with Crippen LogP contribution in [0.2, 0.25) is 0 Å². The Morgan fingerprint density at radius 2 is 1.86 bits per heavy atom. The quantitative estimate of drug-likeness (QED) is 0.433. The van der Waals surface area contributed by atoms with Crippen LogP contribution < -0.4 is 0 Å². The van der Waals surface area contributed by atoms with Gasteiger partial charge < -0.3 is 8.98 Å². The second-order valence-electron chi connectivity index (χ2n) is 5.23. The molecule has 0 aliphatic rings. The number of hydrogen-bond donors (Lipinski definition) is 0. The van der Waals surface area contributed by atoms with Crippen molar-refractivity contribution in [2.45, 2.75) is 6.92 Å². The fraction of sp³-hybridized carbons (Fsp3) is 0.0556. The zero-order chi connectivity index (χ0) is 15.1. The number of hydrogen-bond acceptors (Lipinski definition) is 2. The molecule has 0 atom stereocenters. The predicted molar refractivity (Wildman–Crippen MR) is 96.2 cm³/mol. The van der Waals surface area contributed by atoms with Crippen LogP contribution in [0.1, 0.15) is 5.56 Å². The summed E-state index contributed by atoms with van der Waals surface area (Å²) in [6, 6.07) is 16.3. The van der Waals surface area contributed by atoms with Crippen molar-refractivity contribution in [1.29, 1.82) is 0 Å². The Hall–Kier alpha value is -2.08. The third-order valence-electron chi connectivity index (χ3n) is 3.68. The zero-order valence-electron chi connectivity index (χ0n) is 12.0. The summed E-state index contributed by atoms with van der Waals surface area (Å²) in [6.07, 6.45) is 4.04. The van der Waals surface area contributed by atoms with E-state index in [1.807, 2.05) is 48.8 Å². The molecule has 22 heavy (non-hydrogen) atoms. The number of aromatic nitrogens is 2. The first-order valence-electron chi connectivity index (χ1n) is 7.01. The van der Waals surface area contributed by atoms with Crippen molar-refractivity contribution in [3.05, 3.63) is 70.1 Å². The van der Waals surface area contributed by atoms with Crippen molar-refractivity contribution in [2.75, 3.05) is 0 Å². The molecule has 0 saturated carbocycles. The zero-order valence-corrected chi connectivity index (χ0v) is 14.1. The van der Waals surface area contributed by atoms with Gasteiger partial charge in [0.1, 0.15) is 5.52 Å². The van der Waals surface area contributed by atoms with Gasteiger partial charge in [0.25, 0.3) is 0 Å². The molecule has 0 N–H and O–H groups in total. The van der Waals surface area contributed by atoms with E-state index in [2.05, 4.69) is 51.2 Å². The summed E-state index contributed by atoms with van der Waals surface area (Å²) in [5, 5.41) is 0. The van der Waals surface area contributed by atoms with Crippen LogP contribution in [0, 0.1) is 10.5 Å². The Morgan fingerprint density at radius 1 is 1.05 bits per heavy atom. The van der Waals surface area contributed by atoms with Gasteiger partial charge in [-0.25, -0.2) is 4.98 Å². The lowest BCUT2D eigenvalue weighted by Crippen LogP contribution is -1.88. The largest absolute Gasteiger partial charge is 0.436 e. The molecule has 0 spiro atoms. The van der Waals surface area contributed by atoms with Crippen LogP contribution >= 0.6 is 22.6 Å². The molecule has 0 aliphatic heterocycles. The number of halogens is 1. The maximum absolute atomic E-state index is 5.90. The maximum Gasteiger partial charge on any atom is 0.227 e. The van der Waals surface area contributed by atoms with Crippen LogP contribution in [-0.4, -0.2) is 9.55 Å². The average molecular weight is 400 g/mol. The lowest BCUT2D eigenvalue weighted by Gasteiger charge is -2.00. The Kier molecular flexibility index (Phi) is 3.26. The third-order valence-corrected chi connectivity index (χ3v) is 4.89. The molecule has 4 aromatic rings. The summed E-state index contributed by atoms with van der Waals surface area (Å²) in [4.78, 5) is 4.64. The van der Waals surface area contributed by atoms with Gasteiger partial charge in [0.2, 0.25) is 5.89 Å². The molecular formula is C18H13IN2O. The molecule has 3 nitrogen and oxygen atoms in total. The Balaban J connectivity index is 1.81. The van der Waals surface area contributed by atoms with Crippen molar-refractivity contribution in [1.82, 2.24) is 9.55 Å². The Labute approximate surface area is 141 Å². The normalized spacial score (nSPS) is 11.2. The molecule has 108 valence electrons. The van der Waals surface area contributed by atoms with E-state index in [0.29, 0.717) is 5.89 Å². The molecular weight excluding hydrogens is 387 g/mol. The van der Waals surface area contributed by atoms with Gasteiger partial charge in [0, 0.05) is 27.2 Å². The smallest absolute Gasteiger partial charge is 0.227 e. The number of nitrogens with zero attached hydrogens (tertiary/aromatic N) is 2. The number of oxazole rings is 1. The first-order valence-corrected chi connectivity index (χ1v) is 8.09. The molecule has 0 unspecified atom stereocenters. The summed E-state index contributed by atoms with van der Waals surface area (Å²) in [5.41, 5.74) is 5.00. The number of rotatable bonds is 2. The van der Waals surface area contributed by atoms with Gasteiger partial charge in [0.05, 0.1) is 0 Å². The van der Waals surface area contributed by atoms with Crippen LogP contribution in [0.4, 0.5) is 0 Å². The monoisotopic (exact) mass is 400 g/mol. The molecule has 2 heterocycles. The lowest BCUT2D eigenvalue weighted by molar-refractivity contribution is 0.619. The van der Waals surface area contributed by atoms with Gasteiger partial charge in [-0.1, -0.05) is 0 Å². The minimum atomic E-state index is 0.666. The summed E-state index contributed by atoms with van der Waals surface area (Å²) in [7, 11) is 0. The summed E-state index contributed by atoms with van der Waals surface area (Å²) < 4.78 is 9.20. The molecule has 2 aromatic heterocycles. The van der Waals surface area contributed by atoms with Crippen LogP contribution in [0.25, 0.3) is 28.2 Å². The van der Waals surface area contributed by atoms with E-state index < -0.39 is 0 Å². The highest BCUT2D eigenvalue weighted by Crippen LogP contribution is 2.27. The van der Waals surface area contributed by atoms with Gasteiger partial charge in [-0.2, -0.15) is 0 Å². The molecule has 4 heteroatoms. The molecule has 0 fully saturated rings. The summed E-state index contributed by atoms with van der Waals surface area (Å²) in [6.45, 7) is 2.10. The summed E-state index contributed by atoms with van der Waals surface area (Å²) >= 11 is 2.33. The van der Waals surface area contributed by atoms with Crippen LogP contribution in [0.5, 0.6) is 0 Å². The van der Waals surface area contributed by atoms with Gasteiger partial charge in [0.15, 0.2) is 5.58 Å². The van der Waals surface area contributed by atoms with Crippen LogP contribution in [0.3, 0.4) is 0 Å². The van der Waals surface area contributed by atoms with Crippen LogP contribution in [0.15, 0.2) is 65.3 Å². The minimum Gasteiger partial charge on any atom is -0.436 e. The van der Waals surface area contributed by atoms with Gasteiger partial charge in [-0.3, -0.25) is 0 Å². The SMILES string of the molecule is Cc1cc(-c2nc3cc(-n4cccc4)ccc3o2)ccc1I. The second-order valence-corrected chi connectivity index (χ2v) is 6.39. The molecule has 2 aromatic carbocycles. The minimum absolute atomic E-state index is 0.666. The lowest BCUT2D eigenvalue weighted by atomic mass is 10.1. The second kappa shape index (κ2) is 5.28. The van der Waals surface area contributed by atoms with E-state index in [1.165, 1.54) is 9.13 Å². The number of aryl methyl sites for hydroxylation is 1. The fourth-order valence-electron chi connectivity index (χ4n) is 2.48. The van der Waals surface area contributed by atoms with Crippen molar-refractivity contribution in [2.24, 2.45) is 0 Å². The molecule has 0 amide bonds. The maximum atomic E-state index is 5.90. The highest BCUT2D eigenvalue weighted by molar-refractivity contribution is 14.1. The number of fused-ring (bicyclic) bond motifs is 1. The van der Waals surface area contributed by atoms with Crippen LogP contribution in [-0.2, 0) is 0 Å². The average Bonchev–Trinajstić information content (AvgIpc) is 3.17. The molecule has 0 saturated heterocycles. The van der Waals surface area contributed by atoms with E-state index in [-0.39, 0.29) is 0 Å². The van der Waals surface area contributed by atoms with Gasteiger partial charge in [-0.15, -0.1) is 0 Å². The Morgan fingerprint density at radius 3 is 2.64 bits per heavy atom. The van der Waals surface area contributed by atoms with Crippen molar-refractivity contribution in [3.63, 3.8) is 0 Å². The van der Waals surface area contributed by atoms with Crippen molar-refractivity contribution < 1.29 is 4.42 Å². The van der Waals surface area contributed by atoms with Gasteiger partial charge in [-0.05, 0) is 83.6 Å². The first-order chi connectivity index (χ1) is 10.7. The first kappa shape index (κ1) is 13.6. The predicted octanol–water partition coefficient (Wildman–Crippen LogP) is 5.20. The van der Waals surface area contributed by atoms with Crippen molar-refractivity contribution in [3.8, 4) is 17.1 Å². The van der Waals surface area contributed by atoms with Gasteiger partial charge >= 0.3 is 0 Å². The number of benzene rings is 2.